The van der Waals surface area contributed by atoms with Crippen molar-refractivity contribution >= 4 is 27.5 Å². The Bertz CT molecular complexity index is 447. The van der Waals surface area contributed by atoms with Crippen LogP contribution < -0.4 is 10.6 Å². The van der Waals surface area contributed by atoms with Gasteiger partial charge < -0.3 is 10.6 Å². The Labute approximate surface area is 116 Å². The molecule has 2 rings (SSSR count). The van der Waals surface area contributed by atoms with Crippen LogP contribution in [0, 0.1) is 5.92 Å². The predicted octanol–water partition coefficient (Wildman–Crippen LogP) is 2.95. The number of rotatable bonds is 3. The van der Waals surface area contributed by atoms with Crippen LogP contribution in [-0.2, 0) is 11.2 Å². The number of hydrogen-bond donors (Lipinski definition) is 2. The molecule has 2 atom stereocenters. The van der Waals surface area contributed by atoms with E-state index >= 15 is 0 Å². The van der Waals surface area contributed by atoms with Crippen LogP contribution in [0.2, 0.25) is 0 Å². The van der Waals surface area contributed by atoms with Gasteiger partial charge in [-0.25, -0.2) is 0 Å². The molecule has 0 saturated carbocycles. The van der Waals surface area contributed by atoms with Crippen molar-refractivity contribution in [3.8, 4) is 0 Å². The molecule has 0 spiro atoms. The summed E-state index contributed by atoms with van der Waals surface area (Å²) in [5.41, 5.74) is 2.08. The van der Waals surface area contributed by atoms with Crippen molar-refractivity contribution in [1.82, 2.24) is 5.32 Å². The van der Waals surface area contributed by atoms with Crippen LogP contribution in [0.15, 0.2) is 22.7 Å². The maximum Gasteiger partial charge on any atom is 0.241 e. The Morgan fingerprint density at radius 3 is 2.94 bits per heavy atom. The average Bonchev–Trinajstić information content (AvgIpc) is 2.77. The van der Waals surface area contributed by atoms with Crippen LogP contribution in [0.25, 0.3) is 0 Å². The molecule has 3 nitrogen and oxygen atoms in total. The van der Waals surface area contributed by atoms with Gasteiger partial charge in [0.25, 0.3) is 0 Å². The third kappa shape index (κ3) is 2.93. The van der Waals surface area contributed by atoms with E-state index in [9.17, 15) is 4.79 Å². The van der Waals surface area contributed by atoms with E-state index in [0.29, 0.717) is 5.92 Å². The first kappa shape index (κ1) is 13.6. The van der Waals surface area contributed by atoms with Crippen LogP contribution in [0.5, 0.6) is 0 Å². The Balaban J connectivity index is 2.11. The SMILES string of the molecule is CCc1cc(Br)ccc1NC(=O)C1NCCC1C. The van der Waals surface area contributed by atoms with Crippen molar-refractivity contribution in [2.75, 3.05) is 11.9 Å². The zero-order chi connectivity index (χ0) is 13.1. The highest BCUT2D eigenvalue weighted by molar-refractivity contribution is 9.10. The molecule has 2 N–H and O–H groups in total. The zero-order valence-electron chi connectivity index (χ0n) is 10.8. The number of halogens is 1. The summed E-state index contributed by atoms with van der Waals surface area (Å²) in [6.45, 7) is 5.14. The highest BCUT2D eigenvalue weighted by atomic mass is 79.9. The number of benzene rings is 1. The third-order valence-electron chi connectivity index (χ3n) is 3.52. The van der Waals surface area contributed by atoms with Gasteiger partial charge in [0.05, 0.1) is 6.04 Å². The molecule has 1 heterocycles. The first-order chi connectivity index (χ1) is 8.61. The minimum Gasteiger partial charge on any atom is -0.324 e. The van der Waals surface area contributed by atoms with Gasteiger partial charge in [-0.15, -0.1) is 0 Å². The minimum atomic E-state index is -0.0571. The van der Waals surface area contributed by atoms with E-state index in [1.54, 1.807) is 0 Å². The van der Waals surface area contributed by atoms with E-state index in [1.807, 2.05) is 12.1 Å². The van der Waals surface area contributed by atoms with Crippen LogP contribution >= 0.6 is 15.9 Å². The quantitative estimate of drug-likeness (QED) is 0.901. The number of carbonyl (C=O) groups is 1. The second kappa shape index (κ2) is 5.85. The Hall–Kier alpha value is -0.870. The lowest BCUT2D eigenvalue weighted by Gasteiger charge is -2.17. The van der Waals surface area contributed by atoms with E-state index in [0.717, 1.165) is 35.1 Å². The Morgan fingerprint density at radius 1 is 1.56 bits per heavy atom. The van der Waals surface area contributed by atoms with Gasteiger partial charge in [-0.3, -0.25) is 4.79 Å². The number of aryl methyl sites for hydroxylation is 1. The second-order valence-electron chi connectivity index (χ2n) is 4.84. The summed E-state index contributed by atoms with van der Waals surface area (Å²) in [5, 5.41) is 6.29. The topological polar surface area (TPSA) is 41.1 Å². The molecule has 1 fully saturated rings. The summed E-state index contributed by atoms with van der Waals surface area (Å²) in [4.78, 5) is 12.2. The molecule has 1 amide bonds. The second-order valence-corrected chi connectivity index (χ2v) is 5.76. The smallest absolute Gasteiger partial charge is 0.241 e. The molecular formula is C14H19BrN2O. The van der Waals surface area contributed by atoms with Crippen molar-refractivity contribution in [2.45, 2.75) is 32.7 Å². The molecule has 0 bridgehead atoms. The third-order valence-corrected chi connectivity index (χ3v) is 4.01. The van der Waals surface area contributed by atoms with Crippen LogP contribution in [-0.4, -0.2) is 18.5 Å². The van der Waals surface area contributed by atoms with Gasteiger partial charge in [-0.1, -0.05) is 29.8 Å². The molecule has 1 aliphatic heterocycles. The zero-order valence-corrected chi connectivity index (χ0v) is 12.4. The number of anilines is 1. The molecule has 1 saturated heterocycles. The van der Waals surface area contributed by atoms with Crippen molar-refractivity contribution in [3.05, 3.63) is 28.2 Å². The molecule has 4 heteroatoms. The van der Waals surface area contributed by atoms with Gasteiger partial charge in [0.2, 0.25) is 5.91 Å². The van der Waals surface area contributed by atoms with Crippen LogP contribution in [0.4, 0.5) is 5.69 Å². The van der Waals surface area contributed by atoms with E-state index in [2.05, 4.69) is 46.5 Å². The van der Waals surface area contributed by atoms with Gasteiger partial charge in [-0.05, 0) is 49.1 Å². The highest BCUT2D eigenvalue weighted by Gasteiger charge is 2.29. The summed E-state index contributed by atoms with van der Waals surface area (Å²) < 4.78 is 1.05. The van der Waals surface area contributed by atoms with Gasteiger partial charge in [0, 0.05) is 10.2 Å². The first-order valence-corrected chi connectivity index (χ1v) is 7.23. The van der Waals surface area contributed by atoms with Crippen LogP contribution in [0.1, 0.15) is 25.8 Å². The molecule has 1 aromatic carbocycles. The predicted molar refractivity (Wildman–Crippen MR) is 77.7 cm³/mol. The van der Waals surface area contributed by atoms with Gasteiger partial charge in [-0.2, -0.15) is 0 Å². The number of hydrogen-bond acceptors (Lipinski definition) is 2. The fourth-order valence-electron chi connectivity index (χ4n) is 2.37. The van der Waals surface area contributed by atoms with Crippen molar-refractivity contribution in [3.63, 3.8) is 0 Å². The fraction of sp³-hybridized carbons (Fsp3) is 0.500. The summed E-state index contributed by atoms with van der Waals surface area (Å²) in [6.07, 6.45) is 1.97. The molecule has 1 aromatic rings. The largest absolute Gasteiger partial charge is 0.324 e. The number of carbonyl (C=O) groups excluding carboxylic acids is 1. The van der Waals surface area contributed by atoms with Crippen molar-refractivity contribution in [1.29, 1.82) is 0 Å². The molecule has 98 valence electrons. The summed E-state index contributed by atoms with van der Waals surface area (Å²) >= 11 is 3.45. The Morgan fingerprint density at radius 2 is 2.33 bits per heavy atom. The maximum atomic E-state index is 12.2. The summed E-state index contributed by atoms with van der Waals surface area (Å²) in [6, 6.07) is 5.92. The van der Waals surface area contributed by atoms with Crippen molar-refractivity contribution < 1.29 is 4.79 Å². The monoisotopic (exact) mass is 310 g/mol. The van der Waals surface area contributed by atoms with Gasteiger partial charge in [0.15, 0.2) is 0 Å². The summed E-state index contributed by atoms with van der Waals surface area (Å²) in [5.74, 6) is 0.488. The lowest BCUT2D eigenvalue weighted by atomic mass is 10.0. The molecule has 1 aliphatic rings. The average molecular weight is 311 g/mol. The van der Waals surface area contributed by atoms with Crippen LogP contribution in [0.3, 0.4) is 0 Å². The van der Waals surface area contributed by atoms with E-state index in [-0.39, 0.29) is 11.9 Å². The lowest BCUT2D eigenvalue weighted by Crippen LogP contribution is -2.39. The number of amides is 1. The summed E-state index contributed by atoms with van der Waals surface area (Å²) in [7, 11) is 0. The van der Waals surface area contributed by atoms with Crippen molar-refractivity contribution in [2.24, 2.45) is 5.92 Å². The standard InChI is InChI=1S/C14H19BrN2O/c1-3-10-8-11(15)4-5-12(10)17-14(18)13-9(2)6-7-16-13/h4-5,8-9,13,16H,3,6-7H2,1-2H3,(H,17,18). The molecule has 2 unspecified atom stereocenters. The van der Waals surface area contributed by atoms with E-state index in [1.165, 1.54) is 0 Å². The number of nitrogens with one attached hydrogen (secondary N) is 2. The highest BCUT2D eigenvalue weighted by Crippen LogP contribution is 2.23. The van der Waals surface area contributed by atoms with Gasteiger partial charge >= 0.3 is 0 Å². The molecule has 0 aromatic heterocycles. The van der Waals surface area contributed by atoms with Gasteiger partial charge in [0.1, 0.15) is 0 Å². The Kier molecular flexibility index (Phi) is 4.40. The molecule has 0 aliphatic carbocycles. The molecule has 18 heavy (non-hydrogen) atoms. The first-order valence-electron chi connectivity index (χ1n) is 6.44. The van der Waals surface area contributed by atoms with E-state index < -0.39 is 0 Å². The minimum absolute atomic E-state index is 0.0571. The lowest BCUT2D eigenvalue weighted by molar-refractivity contribution is -0.118. The molecule has 0 radical (unpaired) electrons. The fourth-order valence-corrected chi connectivity index (χ4v) is 2.78. The molecular weight excluding hydrogens is 292 g/mol. The normalized spacial score (nSPS) is 23.1. The van der Waals surface area contributed by atoms with E-state index in [4.69, 9.17) is 0 Å². The maximum absolute atomic E-state index is 12.2.